The number of benzene rings is 2. The monoisotopic (exact) mass is 482 g/mol. The Morgan fingerprint density at radius 2 is 1.42 bits per heavy atom. The summed E-state index contributed by atoms with van der Waals surface area (Å²) in [7, 11) is 4.19. The zero-order valence-corrected chi connectivity index (χ0v) is 20.7. The standard InChI is InChI=1S/C29H30N4O3/c1-31(2)15-19-11-12-32-16-22(20-7-3-5-9-24(20)32)26-27(29(35)30-28(26)34)23-17-33(13-14-36-18-19)25-10-6-4-8-21(23)25/h3-10,16-17,19H,11-15,18H2,1-2H3,(H,30,34,35). The summed E-state index contributed by atoms with van der Waals surface area (Å²) in [6.45, 7) is 3.68. The van der Waals surface area contributed by atoms with E-state index >= 15 is 0 Å². The van der Waals surface area contributed by atoms with Crippen molar-refractivity contribution in [1.29, 1.82) is 0 Å². The summed E-state index contributed by atoms with van der Waals surface area (Å²) in [5, 5.41) is 4.51. The van der Waals surface area contributed by atoms with Crippen molar-refractivity contribution in [2.75, 3.05) is 33.9 Å². The lowest BCUT2D eigenvalue weighted by Gasteiger charge is -2.22. The molecule has 2 aromatic heterocycles. The molecular formula is C29H30N4O3. The van der Waals surface area contributed by atoms with Crippen molar-refractivity contribution in [2.24, 2.45) is 5.92 Å². The van der Waals surface area contributed by atoms with Crippen LogP contribution in [0.15, 0.2) is 60.9 Å². The van der Waals surface area contributed by atoms with Crippen LogP contribution < -0.4 is 5.32 Å². The van der Waals surface area contributed by atoms with Crippen LogP contribution in [-0.4, -0.2) is 59.7 Å². The zero-order chi connectivity index (χ0) is 24.8. The number of imide groups is 1. The predicted molar refractivity (Wildman–Crippen MR) is 141 cm³/mol. The molecule has 2 aromatic carbocycles. The highest BCUT2D eigenvalue weighted by atomic mass is 16.5. The molecule has 2 aliphatic rings. The van der Waals surface area contributed by atoms with E-state index in [2.05, 4.69) is 45.6 Å². The largest absolute Gasteiger partial charge is 0.379 e. The maximum atomic E-state index is 13.3. The smallest absolute Gasteiger partial charge is 0.259 e. The van der Waals surface area contributed by atoms with Crippen molar-refractivity contribution in [3.8, 4) is 0 Å². The number of ether oxygens (including phenoxy) is 1. The molecular weight excluding hydrogens is 452 g/mol. The topological polar surface area (TPSA) is 68.5 Å². The summed E-state index contributed by atoms with van der Waals surface area (Å²) >= 11 is 0. The molecule has 2 aliphatic heterocycles. The molecule has 0 saturated heterocycles. The number of carbonyl (C=O) groups is 2. The van der Waals surface area contributed by atoms with Gasteiger partial charge in [0.25, 0.3) is 11.8 Å². The molecule has 2 amide bonds. The summed E-state index contributed by atoms with van der Waals surface area (Å²) in [4.78, 5) is 28.7. The van der Waals surface area contributed by atoms with Gasteiger partial charge in [-0.05, 0) is 38.6 Å². The third-order valence-electron chi connectivity index (χ3n) is 7.28. The highest BCUT2D eigenvalue weighted by molar-refractivity contribution is 6.50. The molecule has 1 N–H and O–H groups in total. The van der Waals surface area contributed by atoms with E-state index < -0.39 is 0 Å². The number of hydrogen-bond donors (Lipinski definition) is 1. The number of hydrogen-bond acceptors (Lipinski definition) is 4. The van der Waals surface area contributed by atoms with Crippen LogP contribution >= 0.6 is 0 Å². The fourth-order valence-electron chi connectivity index (χ4n) is 5.71. The summed E-state index contributed by atoms with van der Waals surface area (Å²) < 4.78 is 10.5. The van der Waals surface area contributed by atoms with Crippen LogP contribution in [0.2, 0.25) is 0 Å². The maximum absolute atomic E-state index is 13.3. The molecule has 0 saturated carbocycles. The number of aromatic nitrogens is 2. The van der Waals surface area contributed by atoms with Gasteiger partial charge in [-0.3, -0.25) is 14.9 Å². The molecule has 1 unspecified atom stereocenters. The molecule has 0 radical (unpaired) electrons. The van der Waals surface area contributed by atoms with Gasteiger partial charge in [0.15, 0.2) is 0 Å². The van der Waals surface area contributed by atoms with E-state index in [0.717, 1.165) is 52.4 Å². The summed E-state index contributed by atoms with van der Waals surface area (Å²) in [6, 6.07) is 16.2. The third kappa shape index (κ3) is 3.85. The van der Waals surface area contributed by atoms with Crippen LogP contribution in [0.3, 0.4) is 0 Å². The zero-order valence-electron chi connectivity index (χ0n) is 20.7. The van der Waals surface area contributed by atoms with E-state index in [-0.39, 0.29) is 11.8 Å². The molecule has 4 aromatic rings. The van der Waals surface area contributed by atoms with Gasteiger partial charge >= 0.3 is 0 Å². The van der Waals surface area contributed by atoms with E-state index in [1.54, 1.807) is 0 Å². The number of carbonyl (C=O) groups excluding carboxylic acids is 2. The van der Waals surface area contributed by atoms with Gasteiger partial charge in [0, 0.05) is 65.0 Å². The van der Waals surface area contributed by atoms with E-state index in [9.17, 15) is 9.59 Å². The Morgan fingerprint density at radius 1 is 0.861 bits per heavy atom. The average molecular weight is 483 g/mol. The first-order chi connectivity index (χ1) is 17.5. The lowest BCUT2D eigenvalue weighted by Crippen LogP contribution is -2.27. The molecule has 1 atom stereocenters. The molecule has 184 valence electrons. The Kier molecular flexibility index (Phi) is 5.74. The van der Waals surface area contributed by atoms with Crippen molar-refractivity contribution in [3.05, 3.63) is 72.1 Å². The molecule has 0 fully saturated rings. The van der Waals surface area contributed by atoms with Crippen LogP contribution in [0, 0.1) is 5.92 Å². The van der Waals surface area contributed by atoms with Gasteiger partial charge in [-0.25, -0.2) is 0 Å². The Balaban J connectivity index is 1.59. The fraction of sp³-hybridized carbons (Fsp3) is 0.310. The molecule has 4 heterocycles. The van der Waals surface area contributed by atoms with Gasteiger partial charge in [0.2, 0.25) is 0 Å². The Hall–Kier alpha value is -3.68. The minimum absolute atomic E-state index is 0.340. The van der Waals surface area contributed by atoms with Crippen molar-refractivity contribution in [1.82, 2.24) is 19.4 Å². The second kappa shape index (κ2) is 9.08. The van der Waals surface area contributed by atoms with Crippen LogP contribution in [0.25, 0.3) is 33.0 Å². The average Bonchev–Trinajstić information content (AvgIpc) is 3.50. The van der Waals surface area contributed by atoms with Crippen LogP contribution in [0.4, 0.5) is 0 Å². The predicted octanol–water partition coefficient (Wildman–Crippen LogP) is 3.76. The normalized spacial score (nSPS) is 19.0. The number of nitrogens with zero attached hydrogens (tertiary/aromatic N) is 3. The molecule has 7 nitrogen and oxygen atoms in total. The van der Waals surface area contributed by atoms with Crippen molar-refractivity contribution >= 4 is 44.8 Å². The van der Waals surface area contributed by atoms with Gasteiger partial charge < -0.3 is 18.8 Å². The van der Waals surface area contributed by atoms with E-state index in [1.807, 2.05) is 48.8 Å². The van der Waals surface area contributed by atoms with Gasteiger partial charge in [-0.1, -0.05) is 36.4 Å². The van der Waals surface area contributed by atoms with Gasteiger partial charge in [0.1, 0.15) is 0 Å². The van der Waals surface area contributed by atoms with Crippen molar-refractivity contribution in [2.45, 2.75) is 19.5 Å². The lowest BCUT2D eigenvalue weighted by atomic mass is 9.95. The van der Waals surface area contributed by atoms with Crippen LogP contribution in [0.1, 0.15) is 17.5 Å². The quantitative estimate of drug-likeness (QED) is 0.442. The molecule has 7 heteroatoms. The van der Waals surface area contributed by atoms with Gasteiger partial charge in [-0.15, -0.1) is 0 Å². The Labute approximate surface area is 209 Å². The molecule has 6 rings (SSSR count). The highest BCUT2D eigenvalue weighted by Crippen LogP contribution is 2.39. The number of para-hydroxylation sites is 2. The number of fused-ring (bicyclic) bond motifs is 12. The molecule has 0 aliphatic carbocycles. The van der Waals surface area contributed by atoms with E-state index in [4.69, 9.17) is 4.74 Å². The highest BCUT2D eigenvalue weighted by Gasteiger charge is 2.35. The number of aryl methyl sites for hydroxylation is 1. The molecule has 36 heavy (non-hydrogen) atoms. The van der Waals surface area contributed by atoms with Crippen molar-refractivity contribution < 1.29 is 14.3 Å². The van der Waals surface area contributed by atoms with Crippen LogP contribution in [0.5, 0.6) is 0 Å². The van der Waals surface area contributed by atoms with Gasteiger partial charge in [-0.2, -0.15) is 0 Å². The summed E-state index contributed by atoms with van der Waals surface area (Å²) in [6.07, 6.45) is 4.99. The number of rotatable bonds is 2. The van der Waals surface area contributed by atoms with E-state index in [0.29, 0.717) is 36.8 Å². The maximum Gasteiger partial charge on any atom is 0.259 e. The van der Waals surface area contributed by atoms with E-state index in [1.165, 1.54) is 0 Å². The van der Waals surface area contributed by atoms with Crippen LogP contribution in [-0.2, 0) is 27.4 Å². The summed E-state index contributed by atoms with van der Waals surface area (Å²) in [5.41, 5.74) is 4.56. The first kappa shape index (κ1) is 22.8. The molecule has 0 spiro atoms. The van der Waals surface area contributed by atoms with Gasteiger partial charge in [0.05, 0.1) is 24.4 Å². The first-order valence-electron chi connectivity index (χ1n) is 12.5. The SMILES string of the molecule is CN(C)CC1CCn2cc(c3ccccc32)C2=C(C(=O)NC2=O)c2cn(c3ccccc23)CCOC1. The number of nitrogens with one attached hydrogen (secondary N) is 1. The first-order valence-corrected chi connectivity index (χ1v) is 12.5. The fourth-order valence-corrected chi connectivity index (χ4v) is 5.71. The minimum atomic E-state index is -0.346. The molecule has 4 bridgehead atoms. The van der Waals surface area contributed by atoms with Crippen molar-refractivity contribution in [3.63, 3.8) is 0 Å². The Morgan fingerprint density at radius 3 is 2.00 bits per heavy atom. The second-order valence-electron chi connectivity index (χ2n) is 10.0. The lowest BCUT2D eigenvalue weighted by molar-refractivity contribution is -0.122. The third-order valence-corrected chi connectivity index (χ3v) is 7.28. The second-order valence-corrected chi connectivity index (χ2v) is 10.0. The Bertz CT molecular complexity index is 1520. The number of amides is 2. The minimum Gasteiger partial charge on any atom is -0.379 e. The summed E-state index contributed by atoms with van der Waals surface area (Å²) in [5.74, 6) is -0.313.